The molecule has 2 N–H and O–H groups in total. The lowest BCUT2D eigenvalue weighted by molar-refractivity contribution is 0.873. The van der Waals surface area contributed by atoms with Crippen LogP contribution in [0.5, 0.6) is 0 Å². The zero-order valence-corrected chi connectivity index (χ0v) is 9.86. The van der Waals surface area contributed by atoms with Crippen molar-refractivity contribution in [3.05, 3.63) is 24.3 Å². The fourth-order valence-electron chi connectivity index (χ4n) is 1.10. The van der Waals surface area contributed by atoms with Gasteiger partial charge in [0.25, 0.3) is 0 Å². The zero-order chi connectivity index (χ0) is 11.4. The fraction of sp³-hybridized carbons (Fsp3) is 0.417. The first-order valence-corrected chi connectivity index (χ1v) is 5.12. The van der Waals surface area contributed by atoms with Gasteiger partial charge in [-0.2, -0.15) is 0 Å². The number of aliphatic imine (C=N–C) groups is 1. The van der Waals surface area contributed by atoms with E-state index in [1.165, 1.54) is 0 Å². The number of nitrogens with two attached hydrogens (primary N) is 1. The topological polar surface area (TPSA) is 41.6 Å². The third-order valence-corrected chi connectivity index (χ3v) is 2.22. The Hall–Kier alpha value is -1.51. The van der Waals surface area contributed by atoms with Gasteiger partial charge in [-0.25, -0.2) is 4.99 Å². The Morgan fingerprint density at radius 3 is 2.13 bits per heavy atom. The molecular weight excluding hydrogens is 186 g/mol. The number of amidine groups is 1. The molecule has 0 amide bonds. The van der Waals surface area contributed by atoms with Crippen LogP contribution in [0.15, 0.2) is 29.3 Å². The smallest absolute Gasteiger partial charge is 0.102 e. The molecule has 3 heteroatoms. The predicted octanol–water partition coefficient (Wildman–Crippen LogP) is 2.40. The van der Waals surface area contributed by atoms with Gasteiger partial charge in [0.2, 0.25) is 0 Å². The first kappa shape index (κ1) is 11.6. The summed E-state index contributed by atoms with van der Waals surface area (Å²) in [7, 11) is 4.03. The van der Waals surface area contributed by atoms with Crippen LogP contribution in [-0.2, 0) is 0 Å². The normalized spacial score (nSPS) is 11.9. The van der Waals surface area contributed by atoms with E-state index in [0.29, 0.717) is 11.8 Å². The number of rotatable bonds is 3. The number of nitrogens with zero attached hydrogens (tertiary/aromatic N) is 2. The van der Waals surface area contributed by atoms with E-state index in [-0.39, 0.29) is 0 Å². The van der Waals surface area contributed by atoms with Crippen molar-refractivity contribution in [2.24, 2.45) is 16.6 Å². The molecule has 1 rings (SSSR count). The fourth-order valence-corrected chi connectivity index (χ4v) is 1.10. The lowest BCUT2D eigenvalue weighted by atomic mass is 10.2. The van der Waals surface area contributed by atoms with Crippen molar-refractivity contribution in [1.29, 1.82) is 0 Å². The summed E-state index contributed by atoms with van der Waals surface area (Å²) in [5.41, 5.74) is 7.86. The summed E-state index contributed by atoms with van der Waals surface area (Å²) < 4.78 is 0. The first-order chi connectivity index (χ1) is 7.00. The zero-order valence-electron chi connectivity index (χ0n) is 9.86. The Kier molecular flexibility index (Phi) is 3.72. The summed E-state index contributed by atoms with van der Waals surface area (Å²) in [5.74, 6) is 0.964. The lowest BCUT2D eigenvalue weighted by Crippen LogP contribution is -2.18. The molecule has 0 aromatic heterocycles. The average molecular weight is 205 g/mol. The summed E-state index contributed by atoms with van der Waals surface area (Å²) in [6.07, 6.45) is 0. The minimum Gasteiger partial charge on any atom is -0.387 e. The van der Waals surface area contributed by atoms with Crippen LogP contribution in [0.25, 0.3) is 0 Å². The SMILES string of the molecule is CC(C)C(N)=Nc1ccc(N(C)C)cc1. The molecule has 0 bridgehead atoms. The second kappa shape index (κ2) is 4.82. The highest BCUT2D eigenvalue weighted by Gasteiger charge is 1.99. The van der Waals surface area contributed by atoms with Crippen LogP contribution in [-0.4, -0.2) is 19.9 Å². The summed E-state index contributed by atoms with van der Waals surface area (Å²) in [5, 5.41) is 0. The monoisotopic (exact) mass is 205 g/mol. The van der Waals surface area contributed by atoms with Crippen LogP contribution in [0.2, 0.25) is 0 Å². The standard InChI is InChI=1S/C12H19N3/c1-9(2)12(13)14-10-5-7-11(8-6-10)15(3)4/h5-9H,1-4H3,(H2,13,14). The number of hydrogen-bond donors (Lipinski definition) is 1. The molecule has 0 spiro atoms. The second-order valence-corrected chi connectivity index (χ2v) is 4.10. The van der Waals surface area contributed by atoms with Gasteiger partial charge in [0.15, 0.2) is 0 Å². The van der Waals surface area contributed by atoms with E-state index in [1.807, 2.05) is 52.2 Å². The molecule has 0 atom stereocenters. The van der Waals surface area contributed by atoms with Crippen LogP contribution in [0.4, 0.5) is 11.4 Å². The molecule has 1 aromatic rings. The summed E-state index contributed by atoms with van der Waals surface area (Å²) in [4.78, 5) is 6.39. The summed E-state index contributed by atoms with van der Waals surface area (Å²) in [6.45, 7) is 4.07. The Bertz CT molecular complexity index is 336. The van der Waals surface area contributed by atoms with E-state index in [1.54, 1.807) is 0 Å². The van der Waals surface area contributed by atoms with Gasteiger partial charge in [-0.1, -0.05) is 13.8 Å². The molecule has 0 saturated heterocycles. The summed E-state index contributed by atoms with van der Waals surface area (Å²) >= 11 is 0. The highest BCUT2D eigenvalue weighted by Crippen LogP contribution is 2.18. The largest absolute Gasteiger partial charge is 0.387 e. The Balaban J connectivity index is 2.85. The number of benzene rings is 1. The van der Waals surface area contributed by atoms with Gasteiger partial charge >= 0.3 is 0 Å². The molecule has 15 heavy (non-hydrogen) atoms. The van der Waals surface area contributed by atoms with Crippen molar-refractivity contribution in [3.63, 3.8) is 0 Å². The van der Waals surface area contributed by atoms with Crippen molar-refractivity contribution in [2.75, 3.05) is 19.0 Å². The molecule has 1 aromatic carbocycles. The number of anilines is 1. The van der Waals surface area contributed by atoms with E-state index >= 15 is 0 Å². The maximum Gasteiger partial charge on any atom is 0.102 e. The van der Waals surface area contributed by atoms with E-state index in [2.05, 4.69) is 9.89 Å². The van der Waals surface area contributed by atoms with E-state index < -0.39 is 0 Å². The predicted molar refractivity (Wildman–Crippen MR) is 66.9 cm³/mol. The quantitative estimate of drug-likeness (QED) is 0.608. The van der Waals surface area contributed by atoms with E-state index in [4.69, 9.17) is 5.73 Å². The molecule has 0 aliphatic rings. The second-order valence-electron chi connectivity index (χ2n) is 4.10. The van der Waals surface area contributed by atoms with Gasteiger partial charge in [-0.05, 0) is 24.3 Å². The lowest BCUT2D eigenvalue weighted by Gasteiger charge is -2.12. The molecule has 0 aliphatic carbocycles. The Labute approximate surface area is 91.6 Å². The summed E-state index contributed by atoms with van der Waals surface area (Å²) in [6, 6.07) is 8.02. The molecule has 0 aliphatic heterocycles. The van der Waals surface area contributed by atoms with E-state index in [9.17, 15) is 0 Å². The van der Waals surface area contributed by atoms with Gasteiger partial charge in [0.1, 0.15) is 5.84 Å². The molecule has 82 valence electrons. The molecule has 0 saturated carbocycles. The third-order valence-electron chi connectivity index (χ3n) is 2.22. The van der Waals surface area contributed by atoms with E-state index in [0.717, 1.165) is 11.4 Å². The molecular formula is C12H19N3. The van der Waals surface area contributed by atoms with Gasteiger partial charge in [0, 0.05) is 25.7 Å². The van der Waals surface area contributed by atoms with Crippen molar-refractivity contribution < 1.29 is 0 Å². The Morgan fingerprint density at radius 2 is 1.73 bits per heavy atom. The van der Waals surface area contributed by atoms with Crippen molar-refractivity contribution >= 4 is 17.2 Å². The van der Waals surface area contributed by atoms with Crippen LogP contribution in [0.1, 0.15) is 13.8 Å². The van der Waals surface area contributed by atoms with Crippen LogP contribution < -0.4 is 10.6 Å². The van der Waals surface area contributed by atoms with Gasteiger partial charge in [-0.15, -0.1) is 0 Å². The molecule has 3 nitrogen and oxygen atoms in total. The molecule has 0 unspecified atom stereocenters. The maximum atomic E-state index is 5.79. The molecule has 0 fully saturated rings. The molecule has 0 radical (unpaired) electrons. The minimum absolute atomic E-state index is 0.290. The third kappa shape index (κ3) is 3.27. The average Bonchev–Trinajstić information content (AvgIpc) is 2.18. The van der Waals surface area contributed by atoms with Crippen molar-refractivity contribution in [1.82, 2.24) is 0 Å². The maximum absolute atomic E-state index is 5.79. The van der Waals surface area contributed by atoms with Crippen LogP contribution >= 0.6 is 0 Å². The van der Waals surface area contributed by atoms with Gasteiger partial charge in [-0.3, -0.25) is 0 Å². The van der Waals surface area contributed by atoms with Crippen molar-refractivity contribution in [3.8, 4) is 0 Å². The Morgan fingerprint density at radius 1 is 1.20 bits per heavy atom. The minimum atomic E-state index is 0.290. The highest BCUT2D eigenvalue weighted by atomic mass is 15.1. The number of hydrogen-bond acceptors (Lipinski definition) is 2. The highest BCUT2D eigenvalue weighted by molar-refractivity contribution is 5.84. The van der Waals surface area contributed by atoms with Gasteiger partial charge < -0.3 is 10.6 Å². The molecule has 0 heterocycles. The van der Waals surface area contributed by atoms with Crippen LogP contribution in [0.3, 0.4) is 0 Å². The van der Waals surface area contributed by atoms with Crippen LogP contribution in [0, 0.1) is 5.92 Å². The van der Waals surface area contributed by atoms with Gasteiger partial charge in [0.05, 0.1) is 5.69 Å². The van der Waals surface area contributed by atoms with Crippen molar-refractivity contribution in [2.45, 2.75) is 13.8 Å². The first-order valence-electron chi connectivity index (χ1n) is 5.12.